The molecule has 0 aromatic heterocycles. The van der Waals surface area contributed by atoms with E-state index in [0.717, 1.165) is 11.1 Å². The Kier molecular flexibility index (Phi) is 4.98. The van der Waals surface area contributed by atoms with E-state index in [4.69, 9.17) is 0 Å². The summed E-state index contributed by atoms with van der Waals surface area (Å²) in [4.78, 5) is 14.3. The lowest BCUT2D eigenvalue weighted by atomic mass is 10.00. The van der Waals surface area contributed by atoms with E-state index in [1.807, 2.05) is 37.3 Å². The first-order chi connectivity index (χ1) is 12.3. The second kappa shape index (κ2) is 7.05. The third-order valence-corrected chi connectivity index (χ3v) is 6.31. The number of carbonyl (C=O) groups excluding carboxylic acids is 1. The number of hydrogen-bond donors (Lipinski definition) is 0. The number of likely N-dealkylation sites (N-methyl/N-ethyl adjacent to an activating group) is 1. The molecule has 5 nitrogen and oxygen atoms in total. The normalized spacial score (nSPS) is 17.8. The molecule has 2 aromatic carbocycles. The van der Waals surface area contributed by atoms with Gasteiger partial charge in [0, 0.05) is 26.2 Å². The van der Waals surface area contributed by atoms with Crippen molar-refractivity contribution in [1.29, 1.82) is 0 Å². The molecule has 0 aliphatic carbocycles. The molecule has 6 heteroatoms. The Balaban J connectivity index is 2.06. The predicted molar refractivity (Wildman–Crippen MR) is 101 cm³/mol. The van der Waals surface area contributed by atoms with Crippen LogP contribution in [-0.4, -0.2) is 44.2 Å². The molecule has 1 amide bonds. The summed E-state index contributed by atoms with van der Waals surface area (Å²) in [6.07, 6.45) is 1.71. The van der Waals surface area contributed by atoms with Crippen molar-refractivity contribution >= 4 is 15.9 Å². The molecule has 1 atom stereocenters. The monoisotopic (exact) mass is 370 g/mol. The molecule has 0 N–H and O–H groups in total. The lowest BCUT2D eigenvalue weighted by Gasteiger charge is -2.27. The quantitative estimate of drug-likeness (QED) is 0.832. The Bertz CT molecular complexity index is 933. The maximum Gasteiger partial charge on any atom is 0.250 e. The largest absolute Gasteiger partial charge is 0.345 e. The van der Waals surface area contributed by atoms with Crippen LogP contribution in [-0.2, 0) is 14.8 Å². The smallest absolute Gasteiger partial charge is 0.250 e. The van der Waals surface area contributed by atoms with Crippen molar-refractivity contribution in [3.63, 3.8) is 0 Å². The van der Waals surface area contributed by atoms with Crippen molar-refractivity contribution in [1.82, 2.24) is 9.21 Å². The van der Waals surface area contributed by atoms with E-state index in [9.17, 15) is 13.2 Å². The van der Waals surface area contributed by atoms with Gasteiger partial charge in [0.25, 0.3) is 5.91 Å². The van der Waals surface area contributed by atoms with Crippen LogP contribution in [0.25, 0.3) is 0 Å². The van der Waals surface area contributed by atoms with Crippen LogP contribution in [0.2, 0.25) is 0 Å². The van der Waals surface area contributed by atoms with Crippen LogP contribution >= 0.6 is 0 Å². The molecule has 26 heavy (non-hydrogen) atoms. The van der Waals surface area contributed by atoms with Gasteiger partial charge >= 0.3 is 0 Å². The average molecular weight is 370 g/mol. The summed E-state index contributed by atoms with van der Waals surface area (Å²) < 4.78 is 27.9. The number of carbonyl (C=O) groups is 1. The minimum absolute atomic E-state index is 0.171. The van der Waals surface area contributed by atoms with Crippen LogP contribution in [0.3, 0.4) is 0 Å². The molecule has 2 aromatic rings. The Morgan fingerprint density at radius 2 is 1.65 bits per heavy atom. The fourth-order valence-electron chi connectivity index (χ4n) is 3.09. The highest BCUT2D eigenvalue weighted by Gasteiger charge is 2.40. The van der Waals surface area contributed by atoms with E-state index in [-0.39, 0.29) is 17.3 Å². The fraction of sp³-hybridized carbons (Fsp3) is 0.250. The maximum absolute atomic E-state index is 13.2. The van der Waals surface area contributed by atoms with Crippen LogP contribution in [0.5, 0.6) is 0 Å². The van der Waals surface area contributed by atoms with Crippen molar-refractivity contribution in [3.05, 3.63) is 77.4 Å². The van der Waals surface area contributed by atoms with Gasteiger partial charge in [-0.3, -0.25) is 4.79 Å². The van der Waals surface area contributed by atoms with Gasteiger partial charge in [-0.05, 0) is 24.6 Å². The first kappa shape index (κ1) is 18.4. The summed E-state index contributed by atoms with van der Waals surface area (Å²) >= 11 is 0. The summed E-state index contributed by atoms with van der Waals surface area (Å²) in [6, 6.07) is 15.4. The molecule has 0 saturated heterocycles. The minimum Gasteiger partial charge on any atom is -0.345 e. The van der Waals surface area contributed by atoms with Crippen molar-refractivity contribution in [2.24, 2.45) is 0 Å². The van der Waals surface area contributed by atoms with Crippen molar-refractivity contribution in [3.8, 4) is 0 Å². The SMILES string of the molecule is Cc1ccc(S(=O)(=O)N2CC=C(C(=O)N(C)C)C2c2ccccc2)cc1. The van der Waals surface area contributed by atoms with Gasteiger partial charge in [0.1, 0.15) is 0 Å². The number of hydrogen-bond acceptors (Lipinski definition) is 3. The number of nitrogens with zero attached hydrogens (tertiary/aromatic N) is 2. The Hall–Kier alpha value is -2.44. The van der Waals surface area contributed by atoms with E-state index in [2.05, 4.69) is 0 Å². The predicted octanol–water partition coefficient (Wildman–Crippen LogP) is 2.76. The molecular weight excluding hydrogens is 348 g/mol. The van der Waals surface area contributed by atoms with Gasteiger partial charge in [-0.1, -0.05) is 54.1 Å². The lowest BCUT2D eigenvalue weighted by molar-refractivity contribution is -0.125. The number of sulfonamides is 1. The molecule has 3 rings (SSSR count). The zero-order chi connectivity index (χ0) is 18.9. The summed E-state index contributed by atoms with van der Waals surface area (Å²) in [7, 11) is -0.396. The molecule has 1 unspecified atom stereocenters. The molecular formula is C20H22N2O3S. The van der Waals surface area contributed by atoms with Gasteiger partial charge in [-0.2, -0.15) is 4.31 Å². The molecule has 1 aliphatic rings. The van der Waals surface area contributed by atoms with Crippen LogP contribution in [0.15, 0.2) is 71.1 Å². The Labute approximate surface area is 154 Å². The van der Waals surface area contributed by atoms with Crippen LogP contribution in [0.4, 0.5) is 0 Å². The first-order valence-corrected chi connectivity index (χ1v) is 9.81. The topological polar surface area (TPSA) is 57.7 Å². The van der Waals surface area contributed by atoms with Crippen molar-refractivity contribution < 1.29 is 13.2 Å². The van der Waals surface area contributed by atoms with E-state index < -0.39 is 16.1 Å². The highest BCUT2D eigenvalue weighted by Crippen LogP contribution is 2.38. The summed E-state index contributed by atoms with van der Waals surface area (Å²) in [6.45, 7) is 2.08. The van der Waals surface area contributed by atoms with Gasteiger partial charge in [-0.25, -0.2) is 8.42 Å². The fourth-order valence-corrected chi connectivity index (χ4v) is 4.62. The molecule has 0 bridgehead atoms. The number of aryl methyl sites for hydroxylation is 1. The van der Waals surface area contributed by atoms with E-state index in [1.165, 1.54) is 9.21 Å². The standard InChI is InChI=1S/C20H22N2O3S/c1-15-9-11-17(12-10-15)26(24,25)22-14-13-18(20(23)21(2)3)19(22)16-7-5-4-6-8-16/h4-13,19H,14H2,1-3H3. The third kappa shape index (κ3) is 3.30. The van der Waals surface area contributed by atoms with Gasteiger partial charge in [0.15, 0.2) is 0 Å². The second-order valence-electron chi connectivity index (χ2n) is 6.56. The molecule has 0 fully saturated rings. The van der Waals surface area contributed by atoms with Gasteiger partial charge in [-0.15, -0.1) is 0 Å². The summed E-state index contributed by atoms with van der Waals surface area (Å²) in [5.74, 6) is -0.180. The summed E-state index contributed by atoms with van der Waals surface area (Å²) in [5, 5.41) is 0. The highest BCUT2D eigenvalue weighted by atomic mass is 32.2. The highest BCUT2D eigenvalue weighted by molar-refractivity contribution is 7.89. The lowest BCUT2D eigenvalue weighted by Crippen LogP contribution is -2.35. The van der Waals surface area contributed by atoms with Gasteiger partial charge in [0.05, 0.1) is 10.9 Å². The van der Waals surface area contributed by atoms with Gasteiger partial charge < -0.3 is 4.90 Å². The van der Waals surface area contributed by atoms with Crippen molar-refractivity contribution in [2.75, 3.05) is 20.6 Å². The zero-order valence-corrected chi connectivity index (χ0v) is 15.9. The van der Waals surface area contributed by atoms with E-state index in [0.29, 0.717) is 5.57 Å². The number of rotatable bonds is 4. The molecule has 1 aliphatic heterocycles. The first-order valence-electron chi connectivity index (χ1n) is 8.37. The van der Waals surface area contributed by atoms with Crippen molar-refractivity contribution in [2.45, 2.75) is 17.9 Å². The molecule has 0 radical (unpaired) electrons. The molecule has 1 heterocycles. The minimum atomic E-state index is -3.73. The maximum atomic E-state index is 13.2. The Morgan fingerprint density at radius 3 is 2.23 bits per heavy atom. The zero-order valence-electron chi connectivity index (χ0n) is 15.1. The average Bonchev–Trinajstić information content (AvgIpc) is 3.08. The molecule has 0 spiro atoms. The number of benzene rings is 2. The second-order valence-corrected chi connectivity index (χ2v) is 8.45. The third-order valence-electron chi connectivity index (χ3n) is 4.47. The molecule has 0 saturated carbocycles. The van der Waals surface area contributed by atoms with Crippen LogP contribution in [0.1, 0.15) is 17.2 Å². The van der Waals surface area contributed by atoms with Gasteiger partial charge in [0.2, 0.25) is 10.0 Å². The van der Waals surface area contributed by atoms with Crippen LogP contribution in [0, 0.1) is 6.92 Å². The van der Waals surface area contributed by atoms with E-state index in [1.54, 1.807) is 44.4 Å². The van der Waals surface area contributed by atoms with Crippen LogP contribution < -0.4 is 0 Å². The summed E-state index contributed by atoms with van der Waals surface area (Å²) in [5.41, 5.74) is 2.26. The Morgan fingerprint density at radius 1 is 1.04 bits per heavy atom. The number of amides is 1. The van der Waals surface area contributed by atoms with E-state index >= 15 is 0 Å². The molecule has 136 valence electrons.